The highest BCUT2D eigenvalue weighted by molar-refractivity contribution is 5.68. The predicted octanol–water partition coefficient (Wildman–Crippen LogP) is 0.563. The van der Waals surface area contributed by atoms with Crippen molar-refractivity contribution in [2.75, 3.05) is 19.7 Å². The van der Waals surface area contributed by atoms with Gasteiger partial charge < -0.3 is 20.5 Å². The summed E-state index contributed by atoms with van der Waals surface area (Å²) in [5.74, 6) is 0.178. The van der Waals surface area contributed by atoms with E-state index in [-0.39, 0.29) is 24.7 Å². The Bertz CT molecular complexity index is 250. The van der Waals surface area contributed by atoms with E-state index in [0.717, 1.165) is 6.42 Å². The average Bonchev–Trinajstić information content (AvgIpc) is 2.62. The molecule has 0 spiro atoms. The molecule has 0 saturated carbocycles. The van der Waals surface area contributed by atoms with E-state index in [9.17, 15) is 4.79 Å². The molecule has 1 saturated heterocycles. The molecule has 0 aromatic heterocycles. The third-order valence-electron chi connectivity index (χ3n) is 2.69. The average molecular weight is 230 g/mol. The molecule has 3 N–H and O–H groups in total. The van der Waals surface area contributed by atoms with Gasteiger partial charge in [-0.25, -0.2) is 4.79 Å². The molecule has 0 aromatic carbocycles. The highest BCUT2D eigenvalue weighted by atomic mass is 16.6. The summed E-state index contributed by atoms with van der Waals surface area (Å²) in [6, 6.07) is -0.243. The zero-order valence-corrected chi connectivity index (χ0v) is 10.3. The van der Waals surface area contributed by atoms with Crippen molar-refractivity contribution in [3.05, 3.63) is 0 Å². The fourth-order valence-corrected chi connectivity index (χ4v) is 1.78. The maximum Gasteiger partial charge on any atom is 0.410 e. The number of rotatable bonds is 2. The van der Waals surface area contributed by atoms with Gasteiger partial charge in [-0.05, 0) is 33.1 Å². The fraction of sp³-hybridized carbons (Fsp3) is 0.909. The largest absolute Gasteiger partial charge is 0.444 e. The van der Waals surface area contributed by atoms with Crippen molar-refractivity contribution < 1.29 is 14.6 Å². The van der Waals surface area contributed by atoms with Crippen molar-refractivity contribution in [3.8, 4) is 0 Å². The second kappa shape index (κ2) is 5.01. The van der Waals surface area contributed by atoms with Crippen LogP contribution in [-0.2, 0) is 4.74 Å². The maximum absolute atomic E-state index is 11.7. The molecule has 1 heterocycles. The number of aliphatic hydroxyl groups is 1. The highest BCUT2D eigenvalue weighted by Crippen LogP contribution is 2.21. The smallest absolute Gasteiger partial charge is 0.410 e. The molecule has 94 valence electrons. The van der Waals surface area contributed by atoms with Crippen LogP contribution in [0.15, 0.2) is 0 Å². The number of amides is 1. The summed E-state index contributed by atoms with van der Waals surface area (Å²) in [4.78, 5) is 13.4. The Morgan fingerprint density at radius 3 is 2.75 bits per heavy atom. The Labute approximate surface area is 96.6 Å². The molecular formula is C11H22N2O3. The van der Waals surface area contributed by atoms with Crippen molar-refractivity contribution in [1.82, 2.24) is 4.90 Å². The number of nitrogens with zero attached hydrogens (tertiary/aromatic N) is 1. The van der Waals surface area contributed by atoms with Gasteiger partial charge in [0.1, 0.15) is 5.60 Å². The number of hydrogen-bond acceptors (Lipinski definition) is 4. The molecule has 2 atom stereocenters. The first kappa shape index (κ1) is 13.3. The van der Waals surface area contributed by atoms with E-state index in [0.29, 0.717) is 13.1 Å². The van der Waals surface area contributed by atoms with Gasteiger partial charge in [-0.15, -0.1) is 0 Å². The van der Waals surface area contributed by atoms with Crippen LogP contribution in [0, 0.1) is 5.92 Å². The van der Waals surface area contributed by atoms with E-state index in [4.69, 9.17) is 15.6 Å². The van der Waals surface area contributed by atoms with Gasteiger partial charge in [-0.1, -0.05) is 0 Å². The first-order valence-corrected chi connectivity index (χ1v) is 5.68. The lowest BCUT2D eigenvalue weighted by molar-refractivity contribution is 0.0284. The van der Waals surface area contributed by atoms with Crippen LogP contribution in [-0.4, -0.2) is 47.4 Å². The van der Waals surface area contributed by atoms with Crippen LogP contribution >= 0.6 is 0 Å². The molecular weight excluding hydrogens is 208 g/mol. The lowest BCUT2D eigenvalue weighted by Crippen LogP contribution is -2.38. The van der Waals surface area contributed by atoms with Crippen molar-refractivity contribution in [2.45, 2.75) is 38.8 Å². The summed E-state index contributed by atoms with van der Waals surface area (Å²) in [6.07, 6.45) is 0.543. The van der Waals surface area contributed by atoms with E-state index in [2.05, 4.69) is 0 Å². The number of nitrogens with two attached hydrogens (primary N) is 1. The standard InChI is InChI=1S/C11H22N2O3/c1-11(2,3)16-10(15)13-5-4-8(6-13)9(12)7-14/h8-9,14H,4-7,12H2,1-3H3/t8-,9+/m0/s1. The molecule has 0 aromatic rings. The number of carbonyl (C=O) groups excluding carboxylic acids is 1. The molecule has 1 fully saturated rings. The minimum absolute atomic E-state index is 0.0349. The first-order chi connectivity index (χ1) is 7.33. The topological polar surface area (TPSA) is 75.8 Å². The Morgan fingerprint density at radius 1 is 1.62 bits per heavy atom. The van der Waals surface area contributed by atoms with Crippen LogP contribution in [0.1, 0.15) is 27.2 Å². The van der Waals surface area contributed by atoms with Crippen LogP contribution in [0.2, 0.25) is 0 Å². The van der Waals surface area contributed by atoms with Crippen LogP contribution in [0.5, 0.6) is 0 Å². The molecule has 0 unspecified atom stereocenters. The van der Waals surface area contributed by atoms with Gasteiger partial charge in [0.05, 0.1) is 6.61 Å². The van der Waals surface area contributed by atoms with E-state index in [1.165, 1.54) is 0 Å². The van der Waals surface area contributed by atoms with Crippen molar-refractivity contribution in [2.24, 2.45) is 11.7 Å². The molecule has 0 bridgehead atoms. The van der Waals surface area contributed by atoms with Gasteiger partial charge in [-0.2, -0.15) is 0 Å². The summed E-state index contributed by atoms with van der Waals surface area (Å²) < 4.78 is 5.27. The summed E-state index contributed by atoms with van der Waals surface area (Å²) >= 11 is 0. The van der Waals surface area contributed by atoms with Gasteiger partial charge >= 0.3 is 6.09 Å². The van der Waals surface area contributed by atoms with E-state index < -0.39 is 5.60 Å². The first-order valence-electron chi connectivity index (χ1n) is 5.68. The summed E-state index contributed by atoms with van der Waals surface area (Å²) in [7, 11) is 0. The molecule has 1 amide bonds. The van der Waals surface area contributed by atoms with Crippen molar-refractivity contribution in [1.29, 1.82) is 0 Å². The molecule has 1 rings (SSSR count). The van der Waals surface area contributed by atoms with E-state index in [1.54, 1.807) is 4.90 Å². The van der Waals surface area contributed by atoms with Gasteiger partial charge in [0.15, 0.2) is 0 Å². The molecule has 0 aliphatic carbocycles. The van der Waals surface area contributed by atoms with E-state index >= 15 is 0 Å². The molecule has 16 heavy (non-hydrogen) atoms. The minimum Gasteiger partial charge on any atom is -0.444 e. The van der Waals surface area contributed by atoms with E-state index in [1.807, 2.05) is 20.8 Å². The number of hydrogen-bond donors (Lipinski definition) is 2. The van der Waals surface area contributed by atoms with Gasteiger partial charge in [-0.3, -0.25) is 0 Å². The Hall–Kier alpha value is -0.810. The summed E-state index contributed by atoms with van der Waals surface area (Å²) in [5, 5.41) is 8.95. The number of ether oxygens (including phenoxy) is 1. The monoisotopic (exact) mass is 230 g/mol. The molecule has 5 heteroatoms. The molecule has 5 nitrogen and oxygen atoms in total. The van der Waals surface area contributed by atoms with Crippen LogP contribution in [0.3, 0.4) is 0 Å². The van der Waals surface area contributed by atoms with Gasteiger partial charge in [0.2, 0.25) is 0 Å². The number of carbonyl (C=O) groups is 1. The lowest BCUT2D eigenvalue weighted by Gasteiger charge is -2.25. The molecule has 0 radical (unpaired) electrons. The zero-order chi connectivity index (χ0) is 12.3. The summed E-state index contributed by atoms with van der Waals surface area (Å²) in [6.45, 7) is 6.74. The third-order valence-corrected chi connectivity index (χ3v) is 2.69. The third kappa shape index (κ3) is 3.64. The molecule has 1 aliphatic rings. The molecule has 1 aliphatic heterocycles. The van der Waals surface area contributed by atoms with Crippen LogP contribution in [0.4, 0.5) is 4.79 Å². The zero-order valence-electron chi connectivity index (χ0n) is 10.3. The summed E-state index contributed by atoms with van der Waals surface area (Å²) in [5.41, 5.74) is 5.28. The predicted molar refractivity (Wildman–Crippen MR) is 61.0 cm³/mol. The van der Waals surface area contributed by atoms with Gasteiger partial charge in [0, 0.05) is 19.1 Å². The normalized spacial score (nSPS) is 23.3. The van der Waals surface area contributed by atoms with Gasteiger partial charge in [0.25, 0.3) is 0 Å². The fourth-order valence-electron chi connectivity index (χ4n) is 1.78. The van der Waals surface area contributed by atoms with Crippen LogP contribution < -0.4 is 5.73 Å². The number of likely N-dealkylation sites (tertiary alicyclic amines) is 1. The SMILES string of the molecule is CC(C)(C)OC(=O)N1CC[C@H]([C@H](N)CO)C1. The van der Waals surface area contributed by atoms with Crippen molar-refractivity contribution in [3.63, 3.8) is 0 Å². The Morgan fingerprint density at radius 2 is 2.25 bits per heavy atom. The van der Waals surface area contributed by atoms with Crippen LogP contribution in [0.25, 0.3) is 0 Å². The Kier molecular flexibility index (Phi) is 4.15. The highest BCUT2D eigenvalue weighted by Gasteiger charge is 2.32. The lowest BCUT2D eigenvalue weighted by atomic mass is 10.0. The van der Waals surface area contributed by atoms with Crippen molar-refractivity contribution >= 4 is 6.09 Å². The second-order valence-corrected chi connectivity index (χ2v) is 5.32. The minimum atomic E-state index is -0.464. The maximum atomic E-state index is 11.7. The quantitative estimate of drug-likeness (QED) is 0.727. The second-order valence-electron chi connectivity index (χ2n) is 5.32. The number of aliphatic hydroxyl groups excluding tert-OH is 1. The Balaban J connectivity index is 2.44.